The lowest BCUT2D eigenvalue weighted by Crippen LogP contribution is -2.15. The van der Waals surface area contributed by atoms with Crippen LogP contribution in [0.3, 0.4) is 0 Å². The van der Waals surface area contributed by atoms with E-state index >= 15 is 0 Å². The van der Waals surface area contributed by atoms with Crippen molar-refractivity contribution in [1.82, 2.24) is 0 Å². The summed E-state index contributed by atoms with van der Waals surface area (Å²) in [5, 5.41) is 2.31. The minimum absolute atomic E-state index is 0.0316. The van der Waals surface area contributed by atoms with E-state index in [0.717, 1.165) is 12.1 Å². The molecule has 1 amide bonds. The number of nitrogens with one attached hydrogen (secondary N) is 2. The van der Waals surface area contributed by atoms with Crippen LogP contribution in [0, 0.1) is 11.6 Å². The van der Waals surface area contributed by atoms with E-state index in [1.165, 1.54) is 24.3 Å². The zero-order valence-corrected chi connectivity index (χ0v) is 14.6. The summed E-state index contributed by atoms with van der Waals surface area (Å²) in [6, 6.07) is 16.3. The van der Waals surface area contributed by atoms with E-state index in [4.69, 9.17) is 0 Å². The maximum absolute atomic E-state index is 13.6. The molecule has 5 nitrogen and oxygen atoms in total. The summed E-state index contributed by atoms with van der Waals surface area (Å²) >= 11 is 0. The van der Waals surface area contributed by atoms with Gasteiger partial charge in [-0.2, -0.15) is 0 Å². The molecule has 0 aliphatic carbocycles. The second-order valence-electron chi connectivity index (χ2n) is 5.57. The Labute approximate surface area is 154 Å². The van der Waals surface area contributed by atoms with Crippen molar-refractivity contribution in [2.45, 2.75) is 4.90 Å². The Kier molecular flexibility index (Phi) is 5.18. The maximum Gasteiger partial charge on any atom is 0.261 e. The lowest BCUT2D eigenvalue weighted by molar-refractivity contribution is 0.102. The molecular formula is C19H14F2N2O3S. The molecule has 2 N–H and O–H groups in total. The fourth-order valence-electron chi connectivity index (χ4n) is 2.29. The first-order chi connectivity index (χ1) is 12.8. The van der Waals surface area contributed by atoms with Gasteiger partial charge < -0.3 is 5.32 Å². The fourth-order valence-corrected chi connectivity index (χ4v) is 3.35. The van der Waals surface area contributed by atoms with Crippen molar-refractivity contribution in [2.75, 3.05) is 10.0 Å². The molecule has 0 fully saturated rings. The number of halogens is 2. The Balaban J connectivity index is 1.75. The number of carbonyl (C=O) groups excluding carboxylic acids is 1. The van der Waals surface area contributed by atoms with Gasteiger partial charge in [0.1, 0.15) is 11.6 Å². The van der Waals surface area contributed by atoms with Crippen molar-refractivity contribution in [3.05, 3.63) is 90.0 Å². The molecule has 0 spiro atoms. The normalized spacial score (nSPS) is 11.0. The quantitative estimate of drug-likeness (QED) is 0.693. The molecule has 3 rings (SSSR count). The number of amides is 1. The van der Waals surface area contributed by atoms with E-state index in [1.54, 1.807) is 30.3 Å². The van der Waals surface area contributed by atoms with Gasteiger partial charge in [0.05, 0.1) is 10.6 Å². The molecule has 3 aromatic rings. The Bertz CT molecular complexity index is 1070. The van der Waals surface area contributed by atoms with Crippen LogP contribution in [0.2, 0.25) is 0 Å². The first kappa shape index (κ1) is 18.5. The number of rotatable bonds is 5. The average molecular weight is 388 g/mol. The third-order valence-electron chi connectivity index (χ3n) is 3.63. The van der Waals surface area contributed by atoms with Crippen LogP contribution < -0.4 is 10.0 Å². The first-order valence-corrected chi connectivity index (χ1v) is 9.28. The monoisotopic (exact) mass is 388 g/mol. The third kappa shape index (κ3) is 4.48. The van der Waals surface area contributed by atoms with E-state index in [9.17, 15) is 22.0 Å². The van der Waals surface area contributed by atoms with Crippen molar-refractivity contribution in [3.8, 4) is 0 Å². The molecule has 0 unspecified atom stereocenters. The van der Waals surface area contributed by atoms with Gasteiger partial charge in [-0.1, -0.05) is 18.2 Å². The number of hydrogen-bond donors (Lipinski definition) is 2. The van der Waals surface area contributed by atoms with Crippen LogP contribution in [-0.4, -0.2) is 14.3 Å². The molecule has 3 aromatic carbocycles. The van der Waals surface area contributed by atoms with Crippen LogP contribution >= 0.6 is 0 Å². The molecule has 0 radical (unpaired) electrons. The highest BCUT2D eigenvalue weighted by Crippen LogP contribution is 2.19. The van der Waals surface area contributed by atoms with E-state index in [1.807, 2.05) is 0 Å². The van der Waals surface area contributed by atoms with Gasteiger partial charge in [-0.15, -0.1) is 0 Å². The fraction of sp³-hybridized carbons (Fsp3) is 0. The summed E-state index contributed by atoms with van der Waals surface area (Å²) in [7, 11) is -3.81. The van der Waals surface area contributed by atoms with Crippen molar-refractivity contribution in [2.24, 2.45) is 0 Å². The second kappa shape index (κ2) is 7.55. The van der Waals surface area contributed by atoms with Crippen LogP contribution in [0.25, 0.3) is 0 Å². The topological polar surface area (TPSA) is 75.3 Å². The molecule has 138 valence electrons. The standard InChI is InChI=1S/C19H14F2N2O3S/c20-14-8-11-18(17(21)12-14)22-19(24)13-6-9-16(10-7-13)27(25,26)23-15-4-2-1-3-5-15/h1-12,23H,(H,22,24). The van der Waals surface area contributed by atoms with Crippen molar-refractivity contribution in [1.29, 1.82) is 0 Å². The number of carbonyl (C=O) groups is 1. The van der Waals surface area contributed by atoms with E-state index in [2.05, 4.69) is 10.0 Å². The van der Waals surface area contributed by atoms with E-state index in [-0.39, 0.29) is 16.1 Å². The average Bonchev–Trinajstić information content (AvgIpc) is 2.64. The zero-order chi connectivity index (χ0) is 19.4. The highest BCUT2D eigenvalue weighted by Gasteiger charge is 2.16. The summed E-state index contributed by atoms with van der Waals surface area (Å²) in [5.74, 6) is -2.32. The Morgan fingerprint density at radius 1 is 0.852 bits per heavy atom. The van der Waals surface area contributed by atoms with Gasteiger partial charge in [0.25, 0.3) is 15.9 Å². The van der Waals surface area contributed by atoms with Gasteiger partial charge in [-0.3, -0.25) is 9.52 Å². The van der Waals surface area contributed by atoms with E-state index < -0.39 is 27.6 Å². The summed E-state index contributed by atoms with van der Waals surface area (Å²) in [4.78, 5) is 12.1. The molecule has 0 bridgehead atoms. The smallest absolute Gasteiger partial charge is 0.261 e. The summed E-state index contributed by atoms with van der Waals surface area (Å²) in [6.07, 6.45) is 0. The molecule has 0 heterocycles. The third-order valence-corrected chi connectivity index (χ3v) is 5.03. The number of anilines is 2. The van der Waals surface area contributed by atoms with Crippen molar-refractivity contribution >= 4 is 27.3 Å². The molecular weight excluding hydrogens is 374 g/mol. The first-order valence-electron chi connectivity index (χ1n) is 7.79. The Morgan fingerprint density at radius 3 is 2.15 bits per heavy atom. The van der Waals surface area contributed by atoms with E-state index in [0.29, 0.717) is 11.8 Å². The number of benzene rings is 3. The van der Waals surface area contributed by atoms with Gasteiger partial charge in [-0.25, -0.2) is 17.2 Å². The molecule has 27 heavy (non-hydrogen) atoms. The highest BCUT2D eigenvalue weighted by molar-refractivity contribution is 7.92. The SMILES string of the molecule is O=C(Nc1ccc(F)cc1F)c1ccc(S(=O)(=O)Nc2ccccc2)cc1. The molecule has 0 saturated heterocycles. The Hall–Kier alpha value is -3.26. The second-order valence-corrected chi connectivity index (χ2v) is 7.26. The predicted octanol–water partition coefficient (Wildman–Crippen LogP) is 4.02. The lowest BCUT2D eigenvalue weighted by atomic mass is 10.2. The summed E-state index contributed by atoms with van der Waals surface area (Å²) in [6.45, 7) is 0. The largest absolute Gasteiger partial charge is 0.319 e. The van der Waals surface area contributed by atoms with Gasteiger partial charge in [-0.05, 0) is 48.5 Å². The van der Waals surface area contributed by atoms with Crippen LogP contribution in [-0.2, 0) is 10.0 Å². The number of para-hydroxylation sites is 1. The molecule has 0 saturated carbocycles. The van der Waals surface area contributed by atoms with Crippen molar-refractivity contribution < 1.29 is 22.0 Å². The van der Waals surface area contributed by atoms with Gasteiger partial charge in [0.15, 0.2) is 0 Å². The molecule has 0 atom stereocenters. The minimum atomic E-state index is -3.81. The molecule has 8 heteroatoms. The highest BCUT2D eigenvalue weighted by atomic mass is 32.2. The number of hydrogen-bond acceptors (Lipinski definition) is 3. The van der Waals surface area contributed by atoms with Crippen LogP contribution in [0.15, 0.2) is 77.7 Å². The van der Waals surface area contributed by atoms with Crippen molar-refractivity contribution in [3.63, 3.8) is 0 Å². The van der Waals surface area contributed by atoms with Gasteiger partial charge in [0.2, 0.25) is 0 Å². The lowest BCUT2D eigenvalue weighted by Gasteiger charge is -2.09. The molecule has 0 aromatic heterocycles. The summed E-state index contributed by atoms with van der Waals surface area (Å²) in [5.41, 5.74) is 0.354. The van der Waals surface area contributed by atoms with Crippen LogP contribution in [0.1, 0.15) is 10.4 Å². The van der Waals surface area contributed by atoms with Crippen LogP contribution in [0.5, 0.6) is 0 Å². The van der Waals surface area contributed by atoms with Gasteiger partial charge in [0, 0.05) is 17.3 Å². The molecule has 0 aliphatic rings. The molecule has 0 aliphatic heterocycles. The minimum Gasteiger partial charge on any atom is -0.319 e. The maximum atomic E-state index is 13.6. The summed E-state index contributed by atoms with van der Waals surface area (Å²) < 4.78 is 53.6. The van der Waals surface area contributed by atoms with Gasteiger partial charge >= 0.3 is 0 Å². The number of sulfonamides is 1. The van der Waals surface area contributed by atoms with Crippen LogP contribution in [0.4, 0.5) is 20.2 Å². The Morgan fingerprint density at radius 2 is 1.52 bits per heavy atom. The predicted molar refractivity (Wildman–Crippen MR) is 98.0 cm³/mol. The zero-order valence-electron chi connectivity index (χ0n) is 13.8.